The summed E-state index contributed by atoms with van der Waals surface area (Å²) in [6.07, 6.45) is 0. The number of amides is 1. The molecule has 3 N–H and O–H groups in total. The van der Waals surface area contributed by atoms with E-state index < -0.39 is 0 Å². The van der Waals surface area contributed by atoms with Gasteiger partial charge in [0.05, 0.1) is 11.6 Å². The van der Waals surface area contributed by atoms with Crippen LogP contribution in [0.1, 0.15) is 35.5 Å². The van der Waals surface area contributed by atoms with Gasteiger partial charge >= 0.3 is 0 Å². The lowest BCUT2D eigenvalue weighted by Crippen LogP contribution is -2.20. The van der Waals surface area contributed by atoms with Crippen LogP contribution < -0.4 is 5.32 Å². The van der Waals surface area contributed by atoms with Gasteiger partial charge in [-0.05, 0) is 39.8 Å². The molecule has 1 unspecified atom stereocenters. The summed E-state index contributed by atoms with van der Waals surface area (Å²) in [6, 6.07) is 3.19. The Kier molecular flexibility index (Phi) is 3.74. The first kappa shape index (κ1) is 14.0. The Hall–Kier alpha value is -2.37. The van der Waals surface area contributed by atoms with E-state index >= 15 is 0 Å². The summed E-state index contributed by atoms with van der Waals surface area (Å²) in [7, 11) is 0. The first-order chi connectivity index (χ1) is 9.40. The van der Waals surface area contributed by atoms with E-state index in [1.807, 2.05) is 13.8 Å². The first-order valence-electron chi connectivity index (χ1n) is 6.39. The van der Waals surface area contributed by atoms with Crippen LogP contribution in [0.4, 0.5) is 5.82 Å². The molecule has 0 fully saturated rings. The number of hydrogen-bond donors (Lipinski definition) is 3. The van der Waals surface area contributed by atoms with Gasteiger partial charge in [0.1, 0.15) is 0 Å². The number of anilines is 1. The molecule has 0 spiro atoms. The maximum atomic E-state index is 12.3. The number of nitrogens with zero attached hydrogens (tertiary/aromatic N) is 2. The van der Waals surface area contributed by atoms with E-state index in [2.05, 4.69) is 20.5 Å². The van der Waals surface area contributed by atoms with Crippen LogP contribution in [-0.4, -0.2) is 26.2 Å². The minimum atomic E-state index is -0.379. The Bertz CT molecular complexity index is 629. The highest BCUT2D eigenvalue weighted by Gasteiger charge is 2.22. The summed E-state index contributed by atoms with van der Waals surface area (Å²) < 4.78 is 0. The molecule has 2 aromatic rings. The van der Waals surface area contributed by atoms with E-state index in [-0.39, 0.29) is 23.4 Å². The number of aromatic amines is 1. The Labute approximate surface area is 117 Å². The fraction of sp³-hybridized carbons (Fsp3) is 0.357. The van der Waals surface area contributed by atoms with Crippen LogP contribution in [0.25, 0.3) is 0 Å². The van der Waals surface area contributed by atoms with Crippen molar-refractivity contribution in [1.29, 1.82) is 0 Å². The molecule has 106 valence electrons. The number of aryl methyl sites for hydroxylation is 3. The van der Waals surface area contributed by atoms with Crippen LogP contribution in [0.15, 0.2) is 12.1 Å². The van der Waals surface area contributed by atoms with Crippen LogP contribution in [0.3, 0.4) is 0 Å². The van der Waals surface area contributed by atoms with E-state index in [0.717, 1.165) is 22.6 Å². The zero-order valence-corrected chi connectivity index (χ0v) is 12.0. The lowest BCUT2D eigenvalue weighted by atomic mass is 9.98. The van der Waals surface area contributed by atoms with E-state index in [4.69, 9.17) is 0 Å². The second-order valence-electron chi connectivity index (χ2n) is 4.88. The number of rotatable bonds is 3. The van der Waals surface area contributed by atoms with E-state index in [9.17, 15) is 9.90 Å². The molecule has 6 heteroatoms. The van der Waals surface area contributed by atoms with Gasteiger partial charge in [0, 0.05) is 17.0 Å². The lowest BCUT2D eigenvalue weighted by Gasteiger charge is -2.13. The minimum Gasteiger partial charge on any atom is -0.504 e. The Morgan fingerprint density at radius 1 is 1.35 bits per heavy atom. The average molecular weight is 274 g/mol. The standard InChI is InChI=1S/C14H18N4O2/c1-7-5-6-11(19)13(15-7)16-14(20)8(2)12-9(3)17-18-10(12)4/h5-6,8,19H,1-4H3,(H,17,18)(H,15,16,20). The third-order valence-electron chi connectivity index (χ3n) is 3.27. The number of H-pyrrole nitrogens is 1. The van der Waals surface area contributed by atoms with Crippen molar-refractivity contribution in [2.75, 3.05) is 5.32 Å². The van der Waals surface area contributed by atoms with Crippen molar-refractivity contribution >= 4 is 11.7 Å². The molecule has 0 saturated heterocycles. The molecular formula is C14H18N4O2. The highest BCUT2D eigenvalue weighted by Crippen LogP contribution is 2.25. The number of aromatic nitrogens is 3. The number of pyridine rings is 1. The van der Waals surface area contributed by atoms with E-state index in [0.29, 0.717) is 0 Å². The molecule has 0 aliphatic rings. The highest BCUT2D eigenvalue weighted by atomic mass is 16.3. The van der Waals surface area contributed by atoms with E-state index in [1.54, 1.807) is 19.9 Å². The lowest BCUT2D eigenvalue weighted by molar-refractivity contribution is -0.117. The monoisotopic (exact) mass is 274 g/mol. The number of hydrogen-bond acceptors (Lipinski definition) is 4. The molecule has 2 heterocycles. The molecule has 0 radical (unpaired) electrons. The van der Waals surface area contributed by atoms with Gasteiger partial charge in [0.15, 0.2) is 11.6 Å². The summed E-state index contributed by atoms with van der Waals surface area (Å²) in [5, 5.41) is 19.3. The maximum Gasteiger partial charge on any atom is 0.233 e. The zero-order valence-electron chi connectivity index (χ0n) is 12.0. The first-order valence-corrected chi connectivity index (χ1v) is 6.39. The largest absolute Gasteiger partial charge is 0.504 e. The van der Waals surface area contributed by atoms with Crippen molar-refractivity contribution in [2.45, 2.75) is 33.6 Å². The summed E-state index contributed by atoms with van der Waals surface area (Å²) in [4.78, 5) is 16.4. The number of carbonyl (C=O) groups excluding carboxylic acids is 1. The van der Waals surface area contributed by atoms with Crippen LogP contribution >= 0.6 is 0 Å². The third kappa shape index (κ3) is 2.64. The van der Waals surface area contributed by atoms with Gasteiger partial charge in [0.2, 0.25) is 5.91 Å². The van der Waals surface area contributed by atoms with Gasteiger partial charge in [-0.1, -0.05) is 0 Å². The second kappa shape index (κ2) is 5.32. The molecule has 20 heavy (non-hydrogen) atoms. The van der Waals surface area contributed by atoms with Crippen molar-refractivity contribution in [3.05, 3.63) is 34.8 Å². The van der Waals surface area contributed by atoms with Gasteiger partial charge in [-0.2, -0.15) is 5.10 Å². The minimum absolute atomic E-state index is 0.0446. The summed E-state index contributed by atoms with van der Waals surface area (Å²) in [6.45, 7) is 7.32. The van der Waals surface area contributed by atoms with Crippen molar-refractivity contribution in [3.63, 3.8) is 0 Å². The molecule has 0 aromatic carbocycles. The molecule has 6 nitrogen and oxygen atoms in total. The van der Waals surface area contributed by atoms with Crippen molar-refractivity contribution in [2.24, 2.45) is 0 Å². The maximum absolute atomic E-state index is 12.3. The molecular weight excluding hydrogens is 256 g/mol. The third-order valence-corrected chi connectivity index (χ3v) is 3.27. The highest BCUT2D eigenvalue weighted by molar-refractivity contribution is 5.96. The molecule has 0 aliphatic heterocycles. The molecule has 1 amide bonds. The average Bonchev–Trinajstić information content (AvgIpc) is 2.72. The molecule has 1 atom stereocenters. The van der Waals surface area contributed by atoms with Gasteiger partial charge in [-0.25, -0.2) is 4.98 Å². The van der Waals surface area contributed by atoms with Crippen LogP contribution in [0.5, 0.6) is 5.75 Å². The van der Waals surface area contributed by atoms with Crippen LogP contribution in [0.2, 0.25) is 0 Å². The number of carbonyl (C=O) groups is 1. The van der Waals surface area contributed by atoms with Gasteiger partial charge in [0.25, 0.3) is 0 Å². The fourth-order valence-electron chi connectivity index (χ4n) is 2.19. The normalized spacial score (nSPS) is 12.2. The van der Waals surface area contributed by atoms with Crippen LogP contribution in [0, 0.1) is 20.8 Å². The molecule has 0 saturated carbocycles. The quantitative estimate of drug-likeness (QED) is 0.800. The molecule has 0 aliphatic carbocycles. The van der Waals surface area contributed by atoms with Gasteiger partial charge in [-0.15, -0.1) is 0 Å². The van der Waals surface area contributed by atoms with Crippen molar-refractivity contribution < 1.29 is 9.90 Å². The number of nitrogens with one attached hydrogen (secondary N) is 2. The number of aromatic hydroxyl groups is 1. The van der Waals surface area contributed by atoms with Crippen molar-refractivity contribution in [3.8, 4) is 5.75 Å². The molecule has 0 bridgehead atoms. The van der Waals surface area contributed by atoms with E-state index in [1.165, 1.54) is 6.07 Å². The van der Waals surface area contributed by atoms with Gasteiger partial charge in [-0.3, -0.25) is 9.89 Å². The molecule has 2 rings (SSSR count). The zero-order chi connectivity index (χ0) is 14.9. The van der Waals surface area contributed by atoms with Crippen molar-refractivity contribution in [1.82, 2.24) is 15.2 Å². The Morgan fingerprint density at radius 2 is 2.05 bits per heavy atom. The van der Waals surface area contributed by atoms with Crippen LogP contribution in [-0.2, 0) is 4.79 Å². The van der Waals surface area contributed by atoms with Gasteiger partial charge < -0.3 is 10.4 Å². The smallest absolute Gasteiger partial charge is 0.233 e. The Balaban J connectivity index is 2.22. The second-order valence-corrected chi connectivity index (χ2v) is 4.88. The summed E-state index contributed by atoms with van der Waals surface area (Å²) in [5.74, 6) is -0.473. The molecule has 2 aromatic heterocycles. The SMILES string of the molecule is Cc1ccc(O)c(NC(=O)C(C)c2c(C)n[nH]c2C)n1. The summed E-state index contributed by atoms with van der Waals surface area (Å²) >= 11 is 0. The topological polar surface area (TPSA) is 90.9 Å². The fourth-order valence-corrected chi connectivity index (χ4v) is 2.19. The Morgan fingerprint density at radius 3 is 2.65 bits per heavy atom. The predicted octanol–water partition coefficient (Wildman–Crippen LogP) is 2.18. The predicted molar refractivity (Wildman–Crippen MR) is 75.7 cm³/mol. The summed E-state index contributed by atoms with van der Waals surface area (Å²) in [5.41, 5.74) is 3.26.